The predicted molar refractivity (Wildman–Crippen MR) is 72.0 cm³/mol. The summed E-state index contributed by atoms with van der Waals surface area (Å²) in [7, 11) is -1.21. The van der Waals surface area contributed by atoms with Crippen LogP contribution in [0.3, 0.4) is 0 Å². The number of rotatable bonds is 4. The van der Waals surface area contributed by atoms with Crippen molar-refractivity contribution in [2.24, 2.45) is 0 Å². The fourth-order valence-corrected chi connectivity index (χ4v) is 2.78. The number of pyridine rings is 1. The highest BCUT2D eigenvalue weighted by molar-refractivity contribution is 6.74. The Morgan fingerprint density at radius 3 is 2.78 bits per heavy atom. The Morgan fingerprint density at radius 1 is 1.33 bits per heavy atom. The molecule has 18 heavy (non-hydrogen) atoms. The van der Waals surface area contributed by atoms with E-state index in [4.69, 9.17) is 0 Å². The molecular weight excluding hydrogens is 244 g/mol. The molecule has 0 bridgehead atoms. The van der Waals surface area contributed by atoms with Gasteiger partial charge >= 0.3 is 0 Å². The maximum Gasteiger partial charge on any atom is 0.151 e. The van der Waals surface area contributed by atoms with E-state index in [1.165, 1.54) is 6.20 Å². The molecule has 0 unspecified atom stereocenters. The highest BCUT2D eigenvalue weighted by atomic mass is 28.3. The summed E-state index contributed by atoms with van der Waals surface area (Å²) in [5.74, 6) is 0. The van der Waals surface area contributed by atoms with E-state index in [1.807, 2.05) is 10.9 Å². The van der Waals surface area contributed by atoms with E-state index in [9.17, 15) is 4.79 Å². The van der Waals surface area contributed by atoms with Crippen LogP contribution >= 0.6 is 0 Å². The summed E-state index contributed by atoms with van der Waals surface area (Å²) < 4.78 is 1.87. The molecule has 0 aromatic carbocycles. The second-order valence-corrected chi connectivity index (χ2v) is 10.9. The van der Waals surface area contributed by atoms with Crippen LogP contribution in [0.25, 0.3) is 11.3 Å². The van der Waals surface area contributed by atoms with E-state index in [1.54, 1.807) is 12.3 Å². The van der Waals surface area contributed by atoms with Gasteiger partial charge in [-0.2, -0.15) is 0 Å². The Bertz CT molecular complexity index is 559. The average molecular weight is 260 g/mol. The van der Waals surface area contributed by atoms with Crippen LogP contribution in [-0.2, 0) is 6.17 Å². The van der Waals surface area contributed by atoms with Gasteiger partial charge < -0.3 is 0 Å². The minimum absolute atomic E-state index is 0.548. The lowest BCUT2D eigenvalue weighted by Crippen LogP contribution is -2.28. The molecule has 0 aliphatic rings. The van der Waals surface area contributed by atoms with Crippen LogP contribution in [0.15, 0.2) is 24.7 Å². The lowest BCUT2D eigenvalue weighted by Gasteiger charge is -2.14. The fraction of sp³-hybridized carbons (Fsp3) is 0.333. The maximum atomic E-state index is 10.7. The molecular formula is C12H16N4OSi. The molecule has 0 atom stereocenters. The zero-order chi connectivity index (χ0) is 13.2. The Balaban J connectivity index is 2.26. The standard InChI is InChI=1S/C12H16N4OSi/c1-18(2,3)9-16-7-12(14-15-16)11-4-10(8-17)5-13-6-11/h4-8H,9H2,1-3H3. The second kappa shape index (κ2) is 4.81. The summed E-state index contributed by atoms with van der Waals surface area (Å²) in [6.45, 7) is 6.84. The molecule has 6 heteroatoms. The summed E-state index contributed by atoms with van der Waals surface area (Å²) in [4.78, 5) is 14.7. The van der Waals surface area contributed by atoms with E-state index < -0.39 is 8.07 Å². The third-order valence-electron chi connectivity index (χ3n) is 2.37. The first-order valence-corrected chi connectivity index (χ1v) is 9.49. The smallest absolute Gasteiger partial charge is 0.151 e. The molecule has 2 heterocycles. The fourth-order valence-electron chi connectivity index (χ4n) is 1.66. The van der Waals surface area contributed by atoms with Gasteiger partial charge in [0, 0.05) is 29.7 Å². The van der Waals surface area contributed by atoms with Crippen molar-refractivity contribution in [3.8, 4) is 11.3 Å². The summed E-state index contributed by atoms with van der Waals surface area (Å²) in [5.41, 5.74) is 2.12. The summed E-state index contributed by atoms with van der Waals surface area (Å²) in [6, 6.07) is 1.77. The monoisotopic (exact) mass is 260 g/mol. The van der Waals surface area contributed by atoms with Gasteiger partial charge in [-0.1, -0.05) is 24.9 Å². The topological polar surface area (TPSA) is 60.7 Å². The molecule has 0 spiro atoms. The van der Waals surface area contributed by atoms with Crippen molar-refractivity contribution in [2.45, 2.75) is 25.8 Å². The first-order chi connectivity index (χ1) is 8.48. The van der Waals surface area contributed by atoms with Gasteiger partial charge in [0.1, 0.15) is 5.69 Å². The van der Waals surface area contributed by atoms with Gasteiger partial charge in [-0.05, 0) is 6.07 Å². The summed E-state index contributed by atoms with van der Waals surface area (Å²) in [6.07, 6.45) is 6.84. The molecule has 0 radical (unpaired) electrons. The molecule has 2 aromatic heterocycles. The molecule has 0 amide bonds. The highest BCUT2D eigenvalue weighted by Gasteiger charge is 2.15. The van der Waals surface area contributed by atoms with Gasteiger partial charge in [0.05, 0.1) is 14.3 Å². The Kier molecular flexibility index (Phi) is 3.38. The summed E-state index contributed by atoms with van der Waals surface area (Å²) >= 11 is 0. The van der Waals surface area contributed by atoms with Crippen LogP contribution in [0.1, 0.15) is 10.4 Å². The van der Waals surface area contributed by atoms with Crippen LogP contribution in [0.2, 0.25) is 19.6 Å². The first kappa shape index (κ1) is 12.6. The number of hydrogen-bond acceptors (Lipinski definition) is 4. The van der Waals surface area contributed by atoms with Crippen LogP contribution in [-0.4, -0.2) is 34.3 Å². The van der Waals surface area contributed by atoms with E-state index in [0.29, 0.717) is 5.56 Å². The molecule has 2 rings (SSSR count). The van der Waals surface area contributed by atoms with E-state index >= 15 is 0 Å². The number of carbonyl (C=O) groups excluding carboxylic acids is 1. The van der Waals surface area contributed by atoms with Crippen LogP contribution < -0.4 is 0 Å². The lowest BCUT2D eigenvalue weighted by atomic mass is 10.2. The van der Waals surface area contributed by atoms with E-state index in [0.717, 1.165) is 23.7 Å². The highest BCUT2D eigenvalue weighted by Crippen LogP contribution is 2.16. The van der Waals surface area contributed by atoms with Gasteiger partial charge in [-0.25, -0.2) is 0 Å². The normalized spacial score (nSPS) is 11.5. The quantitative estimate of drug-likeness (QED) is 0.623. The van der Waals surface area contributed by atoms with Crippen molar-refractivity contribution >= 4 is 14.4 Å². The van der Waals surface area contributed by atoms with Gasteiger partial charge in [-0.15, -0.1) is 5.10 Å². The van der Waals surface area contributed by atoms with Crippen LogP contribution in [0, 0.1) is 0 Å². The zero-order valence-corrected chi connectivity index (χ0v) is 11.8. The van der Waals surface area contributed by atoms with E-state index in [-0.39, 0.29) is 0 Å². The van der Waals surface area contributed by atoms with Crippen molar-refractivity contribution in [3.05, 3.63) is 30.2 Å². The van der Waals surface area contributed by atoms with Crippen molar-refractivity contribution in [1.82, 2.24) is 20.0 Å². The largest absolute Gasteiger partial charge is 0.298 e. The van der Waals surface area contributed by atoms with Crippen LogP contribution in [0.4, 0.5) is 0 Å². The molecule has 0 saturated heterocycles. The number of aldehydes is 1. The molecule has 0 aliphatic heterocycles. The number of nitrogens with zero attached hydrogens (tertiary/aromatic N) is 4. The first-order valence-electron chi connectivity index (χ1n) is 5.79. The van der Waals surface area contributed by atoms with E-state index in [2.05, 4.69) is 34.9 Å². The minimum Gasteiger partial charge on any atom is -0.298 e. The number of carbonyl (C=O) groups is 1. The Hall–Kier alpha value is -1.82. The number of hydrogen-bond donors (Lipinski definition) is 0. The second-order valence-electron chi connectivity index (χ2n) is 5.49. The van der Waals surface area contributed by atoms with Gasteiger partial charge in [0.15, 0.2) is 6.29 Å². The van der Waals surface area contributed by atoms with Crippen LogP contribution in [0.5, 0.6) is 0 Å². The zero-order valence-electron chi connectivity index (χ0n) is 10.8. The Morgan fingerprint density at radius 2 is 2.11 bits per heavy atom. The molecule has 0 N–H and O–H groups in total. The molecule has 0 fully saturated rings. The van der Waals surface area contributed by atoms with Crippen molar-refractivity contribution in [3.63, 3.8) is 0 Å². The Labute approximate surface area is 107 Å². The third-order valence-corrected chi connectivity index (χ3v) is 3.64. The number of aromatic nitrogens is 4. The van der Waals surface area contributed by atoms with Crippen molar-refractivity contribution in [2.75, 3.05) is 0 Å². The molecule has 2 aromatic rings. The predicted octanol–water partition coefficient (Wildman–Crippen LogP) is 2.03. The van der Waals surface area contributed by atoms with Crippen molar-refractivity contribution in [1.29, 1.82) is 0 Å². The third kappa shape index (κ3) is 3.10. The minimum atomic E-state index is -1.21. The SMILES string of the molecule is C[Si](C)(C)Cn1cc(-c2cncc(C=O)c2)nn1. The molecule has 0 aliphatic carbocycles. The molecule has 0 saturated carbocycles. The van der Waals surface area contributed by atoms with Gasteiger partial charge in [0.2, 0.25) is 0 Å². The van der Waals surface area contributed by atoms with Crippen molar-refractivity contribution < 1.29 is 4.79 Å². The summed E-state index contributed by atoms with van der Waals surface area (Å²) in [5, 5.41) is 8.24. The average Bonchev–Trinajstić information content (AvgIpc) is 2.75. The molecule has 5 nitrogen and oxygen atoms in total. The van der Waals surface area contributed by atoms with Gasteiger partial charge in [-0.3, -0.25) is 14.5 Å². The van der Waals surface area contributed by atoms with Gasteiger partial charge in [0.25, 0.3) is 0 Å². The maximum absolute atomic E-state index is 10.7. The lowest BCUT2D eigenvalue weighted by molar-refractivity contribution is 0.112. The molecule has 94 valence electrons.